The Morgan fingerprint density at radius 3 is 2.78 bits per heavy atom. The van der Waals surface area contributed by atoms with Crippen LogP contribution in [0.25, 0.3) is 0 Å². The van der Waals surface area contributed by atoms with Gasteiger partial charge >= 0.3 is 0 Å². The number of carbonyl (C=O) groups excluding carboxylic acids is 2. The van der Waals surface area contributed by atoms with Crippen LogP contribution < -0.4 is 10.6 Å². The zero-order valence-corrected chi connectivity index (χ0v) is 16.7. The topological polar surface area (TPSA) is 61.4 Å². The summed E-state index contributed by atoms with van der Waals surface area (Å²) in [6.07, 6.45) is 3.42. The van der Waals surface area contributed by atoms with E-state index in [2.05, 4.69) is 10.6 Å². The van der Waals surface area contributed by atoms with Gasteiger partial charge in [0, 0.05) is 24.4 Å². The van der Waals surface area contributed by atoms with Crippen molar-refractivity contribution in [3.8, 4) is 0 Å². The summed E-state index contributed by atoms with van der Waals surface area (Å²) in [5.74, 6) is 0.148. The summed E-state index contributed by atoms with van der Waals surface area (Å²) in [5.41, 5.74) is 0.543. The number of hydrogen-bond donors (Lipinski definition) is 2. The lowest BCUT2D eigenvalue weighted by Gasteiger charge is -2.35. The molecule has 2 N–H and O–H groups in total. The van der Waals surface area contributed by atoms with E-state index in [4.69, 9.17) is 0 Å². The first-order chi connectivity index (χ1) is 12.6. The minimum atomic E-state index is -0.467. The molecule has 3 heterocycles. The number of carbonyl (C=O) groups is 2. The van der Waals surface area contributed by atoms with Crippen molar-refractivity contribution in [3.63, 3.8) is 0 Å². The first-order valence-electron chi connectivity index (χ1n) is 9.32. The lowest BCUT2D eigenvalue weighted by molar-refractivity contribution is -0.138. The van der Waals surface area contributed by atoms with Crippen LogP contribution >= 0.6 is 24.2 Å². The molecule has 0 spiro atoms. The van der Waals surface area contributed by atoms with Crippen LogP contribution in [0, 0.1) is 5.82 Å². The number of benzene rings is 1. The van der Waals surface area contributed by atoms with Crippen molar-refractivity contribution in [2.24, 2.45) is 0 Å². The van der Waals surface area contributed by atoms with Gasteiger partial charge < -0.3 is 15.5 Å². The van der Waals surface area contributed by atoms with Gasteiger partial charge in [-0.25, -0.2) is 4.39 Å². The van der Waals surface area contributed by atoms with Gasteiger partial charge in [-0.2, -0.15) is 0 Å². The highest BCUT2D eigenvalue weighted by Crippen LogP contribution is 2.30. The molecule has 1 aromatic carbocycles. The zero-order valence-electron chi connectivity index (χ0n) is 15.0. The van der Waals surface area contributed by atoms with Crippen molar-refractivity contribution >= 4 is 36.0 Å². The van der Waals surface area contributed by atoms with Crippen LogP contribution in [0.2, 0.25) is 0 Å². The molecule has 1 aromatic rings. The molecule has 4 unspecified atom stereocenters. The highest BCUT2D eigenvalue weighted by molar-refractivity contribution is 8.00. The average Bonchev–Trinajstić information content (AvgIpc) is 2.90. The summed E-state index contributed by atoms with van der Waals surface area (Å²) in [5, 5.41) is 5.94. The first kappa shape index (κ1) is 20.4. The van der Waals surface area contributed by atoms with E-state index in [1.807, 2.05) is 4.90 Å². The van der Waals surface area contributed by atoms with Crippen molar-refractivity contribution < 1.29 is 14.0 Å². The minimum Gasteiger partial charge on any atom is -0.343 e. The number of nitrogens with zero attached hydrogens (tertiary/aromatic N) is 1. The van der Waals surface area contributed by atoms with Crippen LogP contribution in [0.1, 0.15) is 24.8 Å². The predicted octanol–water partition coefficient (Wildman–Crippen LogP) is 1.74. The van der Waals surface area contributed by atoms with Gasteiger partial charge in [0.05, 0.1) is 5.25 Å². The van der Waals surface area contributed by atoms with Crippen LogP contribution in [0.4, 0.5) is 4.39 Å². The molecule has 2 bridgehead atoms. The van der Waals surface area contributed by atoms with E-state index >= 15 is 0 Å². The molecule has 27 heavy (non-hydrogen) atoms. The summed E-state index contributed by atoms with van der Waals surface area (Å²) in [7, 11) is 0. The summed E-state index contributed by atoms with van der Waals surface area (Å²) in [4.78, 5) is 27.6. The molecule has 8 heteroatoms. The number of hydrogen-bond acceptors (Lipinski definition) is 4. The second kappa shape index (κ2) is 8.80. The monoisotopic (exact) mass is 413 g/mol. The molecule has 0 aliphatic carbocycles. The number of thioether (sulfide) groups is 1. The molecular formula is C19H25ClFN3O2S. The van der Waals surface area contributed by atoms with Crippen molar-refractivity contribution in [2.45, 2.75) is 49.1 Å². The van der Waals surface area contributed by atoms with E-state index in [1.54, 1.807) is 18.2 Å². The number of halogens is 2. The van der Waals surface area contributed by atoms with Crippen molar-refractivity contribution in [3.05, 3.63) is 35.6 Å². The van der Waals surface area contributed by atoms with E-state index < -0.39 is 6.04 Å². The van der Waals surface area contributed by atoms with Crippen LogP contribution in [-0.2, 0) is 16.0 Å². The highest BCUT2D eigenvalue weighted by Gasteiger charge is 2.42. The van der Waals surface area contributed by atoms with E-state index in [1.165, 1.54) is 17.8 Å². The normalized spacial score (nSPS) is 30.3. The van der Waals surface area contributed by atoms with E-state index in [-0.39, 0.29) is 41.3 Å². The molecule has 3 saturated heterocycles. The number of fused-ring (bicyclic) bond motifs is 2. The molecule has 0 aromatic heterocycles. The van der Waals surface area contributed by atoms with Gasteiger partial charge in [-0.05, 0) is 43.9 Å². The Hall–Kier alpha value is -1.31. The van der Waals surface area contributed by atoms with Gasteiger partial charge in [0.1, 0.15) is 11.9 Å². The first-order valence-corrected chi connectivity index (χ1v) is 10.4. The van der Waals surface area contributed by atoms with Crippen LogP contribution in [0.15, 0.2) is 24.3 Å². The maximum absolute atomic E-state index is 13.8. The predicted molar refractivity (Wildman–Crippen MR) is 107 cm³/mol. The zero-order chi connectivity index (χ0) is 18.1. The van der Waals surface area contributed by atoms with Gasteiger partial charge in [-0.15, -0.1) is 24.2 Å². The Kier molecular flexibility index (Phi) is 6.65. The molecule has 5 nitrogen and oxygen atoms in total. The summed E-state index contributed by atoms with van der Waals surface area (Å²) >= 11 is 1.46. The SMILES string of the molecule is Cl.O=C1NC(C(=O)N2C3CCNCC2CC3)CSC1Cc1ccccc1F. The smallest absolute Gasteiger partial charge is 0.246 e. The Morgan fingerprint density at radius 2 is 2.00 bits per heavy atom. The van der Waals surface area contributed by atoms with E-state index in [9.17, 15) is 14.0 Å². The van der Waals surface area contributed by atoms with Crippen LogP contribution in [0.3, 0.4) is 0 Å². The van der Waals surface area contributed by atoms with Gasteiger partial charge in [-0.1, -0.05) is 18.2 Å². The fourth-order valence-electron chi connectivity index (χ4n) is 4.26. The fourth-order valence-corrected chi connectivity index (χ4v) is 5.43. The van der Waals surface area contributed by atoms with Gasteiger partial charge in [0.15, 0.2) is 0 Å². The molecule has 3 fully saturated rings. The quantitative estimate of drug-likeness (QED) is 0.792. The van der Waals surface area contributed by atoms with Crippen molar-refractivity contribution in [1.29, 1.82) is 0 Å². The third kappa shape index (κ3) is 4.25. The van der Waals surface area contributed by atoms with Crippen molar-refractivity contribution in [1.82, 2.24) is 15.5 Å². The third-order valence-corrected chi connectivity index (χ3v) is 6.95. The van der Waals surface area contributed by atoms with Crippen LogP contribution in [-0.4, -0.2) is 58.9 Å². The molecule has 2 amide bonds. The number of amides is 2. The second-order valence-corrected chi connectivity index (χ2v) is 8.54. The molecular weight excluding hydrogens is 389 g/mol. The molecule has 0 radical (unpaired) electrons. The number of nitrogens with one attached hydrogen (secondary N) is 2. The highest BCUT2D eigenvalue weighted by atomic mass is 35.5. The Bertz CT molecular complexity index is 693. The summed E-state index contributed by atoms with van der Waals surface area (Å²) in [6, 6.07) is 6.61. The summed E-state index contributed by atoms with van der Waals surface area (Å²) in [6.45, 7) is 1.79. The number of rotatable bonds is 3. The summed E-state index contributed by atoms with van der Waals surface area (Å²) < 4.78 is 13.8. The van der Waals surface area contributed by atoms with Gasteiger partial charge in [0.25, 0.3) is 0 Å². The molecule has 148 valence electrons. The molecule has 0 saturated carbocycles. The second-order valence-electron chi connectivity index (χ2n) is 7.30. The third-order valence-electron chi connectivity index (χ3n) is 5.64. The maximum atomic E-state index is 13.8. The van der Waals surface area contributed by atoms with Crippen molar-refractivity contribution in [2.75, 3.05) is 18.8 Å². The standard InChI is InChI=1S/C19H24FN3O2S.ClH/c20-15-4-2-1-3-12(15)9-17-18(24)22-16(11-26-17)19(25)23-13-5-6-14(23)10-21-8-7-13;/h1-4,13-14,16-17,21H,5-11H2,(H,22,24);1H. The lowest BCUT2D eigenvalue weighted by atomic mass is 10.1. The molecule has 3 aliphatic heterocycles. The average molecular weight is 414 g/mol. The fraction of sp³-hybridized carbons (Fsp3) is 0.579. The maximum Gasteiger partial charge on any atom is 0.246 e. The Labute approximate surface area is 169 Å². The van der Waals surface area contributed by atoms with Gasteiger partial charge in [0.2, 0.25) is 11.8 Å². The molecule has 3 aliphatic rings. The lowest BCUT2D eigenvalue weighted by Crippen LogP contribution is -2.57. The minimum absolute atomic E-state index is 0. The largest absolute Gasteiger partial charge is 0.343 e. The molecule has 4 rings (SSSR count). The Balaban J connectivity index is 0.00000210. The van der Waals surface area contributed by atoms with E-state index in [0.717, 1.165) is 32.4 Å². The van der Waals surface area contributed by atoms with E-state index in [0.29, 0.717) is 23.8 Å². The molecule has 4 atom stereocenters. The van der Waals surface area contributed by atoms with Gasteiger partial charge in [-0.3, -0.25) is 9.59 Å². The van der Waals surface area contributed by atoms with Crippen LogP contribution in [0.5, 0.6) is 0 Å². The Morgan fingerprint density at radius 1 is 1.22 bits per heavy atom.